The van der Waals surface area contributed by atoms with E-state index in [0.29, 0.717) is 6.17 Å². The van der Waals surface area contributed by atoms with Gasteiger partial charge in [0.1, 0.15) is 6.17 Å². The van der Waals surface area contributed by atoms with E-state index < -0.39 is 0 Å². The molecule has 0 radical (unpaired) electrons. The highest BCUT2D eigenvalue weighted by molar-refractivity contribution is 5.51. The van der Waals surface area contributed by atoms with Crippen LogP contribution in [0.4, 0.5) is 5.69 Å². The Morgan fingerprint density at radius 1 is 1.13 bits per heavy atom. The van der Waals surface area contributed by atoms with Gasteiger partial charge in [-0.3, -0.25) is 4.90 Å². The number of rotatable bonds is 1. The molecule has 0 aromatic heterocycles. The number of benzene rings is 1. The summed E-state index contributed by atoms with van der Waals surface area (Å²) in [6.07, 6.45) is 5.09. The van der Waals surface area contributed by atoms with Crippen molar-refractivity contribution >= 4 is 5.69 Å². The van der Waals surface area contributed by atoms with Crippen molar-refractivity contribution < 1.29 is 0 Å². The van der Waals surface area contributed by atoms with Crippen molar-refractivity contribution in [3.63, 3.8) is 0 Å². The molecule has 2 nitrogen and oxygen atoms in total. The second-order valence-corrected chi connectivity index (χ2v) is 4.37. The minimum Gasteiger partial charge on any atom is -0.351 e. The molecule has 2 heterocycles. The van der Waals surface area contributed by atoms with E-state index in [1.807, 2.05) is 0 Å². The van der Waals surface area contributed by atoms with E-state index in [1.165, 1.54) is 17.8 Å². The second kappa shape index (κ2) is 3.38. The van der Waals surface area contributed by atoms with Crippen molar-refractivity contribution in [2.45, 2.75) is 13.1 Å². The maximum Gasteiger partial charge on any atom is 0.102 e. The van der Waals surface area contributed by atoms with Crippen molar-refractivity contribution in [3.8, 4) is 0 Å². The summed E-state index contributed by atoms with van der Waals surface area (Å²) in [4.78, 5) is 4.97. The topological polar surface area (TPSA) is 6.48 Å². The first-order chi connectivity index (χ1) is 7.34. The molecule has 1 saturated heterocycles. The van der Waals surface area contributed by atoms with Crippen LogP contribution in [-0.2, 0) is 0 Å². The van der Waals surface area contributed by atoms with E-state index in [2.05, 4.69) is 53.1 Å². The lowest BCUT2D eigenvalue weighted by Gasteiger charge is -2.25. The van der Waals surface area contributed by atoms with E-state index in [0.717, 1.165) is 13.1 Å². The molecule has 0 saturated carbocycles. The van der Waals surface area contributed by atoms with Gasteiger partial charge in [0.05, 0.1) is 0 Å². The zero-order valence-electron chi connectivity index (χ0n) is 9.06. The zero-order chi connectivity index (χ0) is 10.3. The maximum absolute atomic E-state index is 2.50. The lowest BCUT2D eigenvalue weighted by molar-refractivity contribution is 0.345. The summed E-state index contributed by atoms with van der Waals surface area (Å²) in [6.45, 7) is 5.59. The van der Waals surface area contributed by atoms with Gasteiger partial charge in [-0.05, 0) is 19.1 Å². The van der Waals surface area contributed by atoms with Gasteiger partial charge in [-0.25, -0.2) is 0 Å². The Morgan fingerprint density at radius 3 is 2.73 bits per heavy atom. The molecular formula is C13H16N2. The van der Waals surface area contributed by atoms with Gasteiger partial charge in [0.15, 0.2) is 0 Å². The van der Waals surface area contributed by atoms with Crippen molar-refractivity contribution in [3.05, 3.63) is 42.0 Å². The highest BCUT2D eigenvalue weighted by Gasteiger charge is 2.31. The highest BCUT2D eigenvalue weighted by atomic mass is 15.4. The lowest BCUT2D eigenvalue weighted by Crippen LogP contribution is -2.33. The van der Waals surface area contributed by atoms with Gasteiger partial charge in [-0.15, -0.1) is 0 Å². The molecule has 3 rings (SSSR count). The van der Waals surface area contributed by atoms with Crippen LogP contribution in [0.15, 0.2) is 36.4 Å². The Hall–Kier alpha value is -1.28. The molecule has 15 heavy (non-hydrogen) atoms. The van der Waals surface area contributed by atoms with Crippen LogP contribution in [0.2, 0.25) is 0 Å². The zero-order valence-corrected chi connectivity index (χ0v) is 9.06. The Bertz CT molecular complexity index is 380. The molecule has 0 amide bonds. The Morgan fingerprint density at radius 2 is 1.93 bits per heavy atom. The fourth-order valence-corrected chi connectivity index (χ4v) is 2.46. The minimum absolute atomic E-state index is 0.507. The first kappa shape index (κ1) is 8.98. The normalized spacial score (nSPS) is 24.9. The van der Waals surface area contributed by atoms with Gasteiger partial charge >= 0.3 is 0 Å². The lowest BCUT2D eigenvalue weighted by atomic mass is 10.2. The van der Waals surface area contributed by atoms with E-state index in [4.69, 9.17) is 0 Å². The van der Waals surface area contributed by atoms with Crippen molar-refractivity contribution in [1.29, 1.82) is 0 Å². The second-order valence-electron chi connectivity index (χ2n) is 4.37. The fourth-order valence-electron chi connectivity index (χ4n) is 2.46. The molecule has 0 aliphatic carbocycles. The van der Waals surface area contributed by atoms with Gasteiger partial charge < -0.3 is 4.90 Å². The number of fused-ring (bicyclic) bond motifs is 1. The van der Waals surface area contributed by atoms with Gasteiger partial charge in [0.25, 0.3) is 0 Å². The standard InChI is InChI=1S/C13H16N2/c1-11-4-6-12(7-5-11)15-10-9-14-8-2-3-13(14)15/h2-7,13H,8-10H2,1H3/t13-/m0/s1. The molecule has 1 fully saturated rings. The summed E-state index contributed by atoms with van der Waals surface area (Å²) >= 11 is 0. The number of hydrogen-bond acceptors (Lipinski definition) is 2. The van der Waals surface area contributed by atoms with Crippen LogP contribution in [0.25, 0.3) is 0 Å². The van der Waals surface area contributed by atoms with Crippen LogP contribution < -0.4 is 4.90 Å². The summed E-state index contributed by atoms with van der Waals surface area (Å²) in [6, 6.07) is 8.84. The monoisotopic (exact) mass is 200 g/mol. The van der Waals surface area contributed by atoms with Crippen molar-refractivity contribution in [2.75, 3.05) is 24.5 Å². The predicted molar refractivity (Wildman–Crippen MR) is 63.0 cm³/mol. The molecule has 2 aliphatic heterocycles. The number of nitrogens with zero attached hydrogens (tertiary/aromatic N) is 2. The van der Waals surface area contributed by atoms with E-state index in [-0.39, 0.29) is 0 Å². The molecule has 2 aliphatic rings. The predicted octanol–water partition coefficient (Wildman–Crippen LogP) is 2.01. The summed E-state index contributed by atoms with van der Waals surface area (Å²) in [7, 11) is 0. The van der Waals surface area contributed by atoms with Crippen LogP contribution >= 0.6 is 0 Å². The van der Waals surface area contributed by atoms with Crippen LogP contribution in [-0.4, -0.2) is 30.7 Å². The van der Waals surface area contributed by atoms with Gasteiger partial charge in [0.2, 0.25) is 0 Å². The average Bonchev–Trinajstić information content (AvgIpc) is 2.80. The molecule has 1 atom stereocenters. The minimum atomic E-state index is 0.507. The van der Waals surface area contributed by atoms with Crippen LogP contribution in [0.3, 0.4) is 0 Å². The number of hydrogen-bond donors (Lipinski definition) is 0. The van der Waals surface area contributed by atoms with Crippen LogP contribution in [0.1, 0.15) is 5.56 Å². The molecule has 0 bridgehead atoms. The summed E-state index contributed by atoms with van der Waals surface area (Å²) in [5.74, 6) is 0. The summed E-state index contributed by atoms with van der Waals surface area (Å²) in [5, 5.41) is 0. The quantitative estimate of drug-likeness (QED) is 0.640. The van der Waals surface area contributed by atoms with Gasteiger partial charge in [0, 0.05) is 25.3 Å². The maximum atomic E-state index is 2.50. The molecule has 0 unspecified atom stereocenters. The van der Waals surface area contributed by atoms with Crippen LogP contribution in [0.5, 0.6) is 0 Å². The first-order valence-electron chi connectivity index (χ1n) is 5.58. The van der Waals surface area contributed by atoms with E-state index >= 15 is 0 Å². The molecular weight excluding hydrogens is 184 g/mol. The van der Waals surface area contributed by atoms with Gasteiger partial charge in [-0.1, -0.05) is 29.8 Å². The van der Waals surface area contributed by atoms with E-state index in [9.17, 15) is 0 Å². The number of anilines is 1. The molecule has 1 aromatic rings. The van der Waals surface area contributed by atoms with E-state index in [1.54, 1.807) is 0 Å². The average molecular weight is 200 g/mol. The third-order valence-electron chi connectivity index (χ3n) is 3.34. The Balaban J connectivity index is 1.88. The Labute approximate surface area is 90.8 Å². The van der Waals surface area contributed by atoms with Crippen molar-refractivity contribution in [2.24, 2.45) is 0 Å². The molecule has 0 spiro atoms. The Kier molecular flexibility index (Phi) is 2.03. The van der Waals surface area contributed by atoms with Crippen molar-refractivity contribution in [1.82, 2.24) is 4.90 Å². The van der Waals surface area contributed by atoms with Crippen LogP contribution in [0, 0.1) is 6.92 Å². The SMILES string of the molecule is Cc1ccc(N2CCN3CC=C[C@@H]32)cc1. The summed E-state index contributed by atoms with van der Waals surface area (Å²) in [5.41, 5.74) is 2.68. The fraction of sp³-hybridized carbons (Fsp3) is 0.385. The molecule has 0 N–H and O–H groups in total. The summed E-state index contributed by atoms with van der Waals surface area (Å²) < 4.78 is 0. The largest absolute Gasteiger partial charge is 0.351 e. The molecule has 2 heteroatoms. The highest BCUT2D eigenvalue weighted by Crippen LogP contribution is 2.26. The third kappa shape index (κ3) is 1.45. The van der Waals surface area contributed by atoms with Gasteiger partial charge in [-0.2, -0.15) is 0 Å². The third-order valence-corrected chi connectivity index (χ3v) is 3.34. The molecule has 1 aromatic carbocycles. The first-order valence-corrected chi connectivity index (χ1v) is 5.58. The molecule has 78 valence electrons. The number of aryl methyl sites for hydroxylation is 1. The smallest absolute Gasteiger partial charge is 0.102 e.